The van der Waals surface area contributed by atoms with Crippen LogP contribution in [0.5, 0.6) is 0 Å². The number of aliphatic hydroxyl groups is 1. The lowest BCUT2D eigenvalue weighted by molar-refractivity contribution is -0.779. The van der Waals surface area contributed by atoms with Gasteiger partial charge in [0.2, 0.25) is 0 Å². The summed E-state index contributed by atoms with van der Waals surface area (Å²) in [6.45, 7) is 7.91. The van der Waals surface area contributed by atoms with Crippen molar-refractivity contribution in [3.63, 3.8) is 0 Å². The van der Waals surface area contributed by atoms with Gasteiger partial charge in [0.05, 0.1) is 5.92 Å². The number of nitrogens with one attached hydrogen (secondary N) is 1. The molecular weight excluding hydrogens is 226 g/mol. The minimum absolute atomic E-state index is 0.176. The molecule has 0 aromatic heterocycles. The van der Waals surface area contributed by atoms with Crippen molar-refractivity contribution in [2.24, 2.45) is 5.92 Å². The van der Waals surface area contributed by atoms with Crippen molar-refractivity contribution < 1.29 is 15.1 Å². The average molecular weight is 248 g/mol. The SMILES string of the molecule is Cc1ccc([C@@H]2C[C@@H]2/C(O)=[NH+]\OC(C)(C)C)cc1. The first kappa shape index (κ1) is 12.9. The quantitative estimate of drug-likeness (QED) is 0.487. The molecule has 1 saturated carbocycles. The first-order valence-corrected chi connectivity index (χ1v) is 6.43. The fourth-order valence-corrected chi connectivity index (χ4v) is 1.96. The van der Waals surface area contributed by atoms with E-state index in [0.29, 0.717) is 5.92 Å². The van der Waals surface area contributed by atoms with Gasteiger partial charge in [0.25, 0.3) is 0 Å². The summed E-state index contributed by atoms with van der Waals surface area (Å²) in [7, 11) is 0. The maximum absolute atomic E-state index is 9.92. The molecule has 0 radical (unpaired) electrons. The Kier molecular flexibility index (Phi) is 3.33. The average Bonchev–Trinajstić information content (AvgIpc) is 3.06. The van der Waals surface area contributed by atoms with Crippen molar-refractivity contribution in [1.29, 1.82) is 0 Å². The van der Waals surface area contributed by atoms with Gasteiger partial charge in [0.1, 0.15) is 0 Å². The number of benzene rings is 1. The Morgan fingerprint density at radius 3 is 2.44 bits per heavy atom. The van der Waals surface area contributed by atoms with Crippen LogP contribution < -0.4 is 5.16 Å². The highest BCUT2D eigenvalue weighted by Crippen LogP contribution is 2.47. The van der Waals surface area contributed by atoms with E-state index >= 15 is 0 Å². The van der Waals surface area contributed by atoms with Crippen molar-refractivity contribution >= 4 is 5.90 Å². The first-order chi connectivity index (χ1) is 8.37. The molecule has 3 heteroatoms. The summed E-state index contributed by atoms with van der Waals surface area (Å²) >= 11 is 0. The van der Waals surface area contributed by atoms with Crippen molar-refractivity contribution in [2.45, 2.75) is 45.6 Å². The van der Waals surface area contributed by atoms with Crippen LogP contribution in [0.2, 0.25) is 0 Å². The summed E-state index contributed by atoms with van der Waals surface area (Å²) in [4.78, 5) is 5.36. The van der Waals surface area contributed by atoms with Gasteiger partial charge < -0.3 is 5.11 Å². The second-order valence-corrected chi connectivity index (χ2v) is 6.06. The van der Waals surface area contributed by atoms with Crippen LogP contribution in [0, 0.1) is 12.8 Å². The van der Waals surface area contributed by atoms with Gasteiger partial charge in [-0.25, -0.2) is 0 Å². The number of aliphatic hydroxyl groups excluding tert-OH is 1. The highest BCUT2D eigenvalue weighted by molar-refractivity contribution is 5.75. The molecule has 1 aliphatic carbocycles. The largest absolute Gasteiger partial charge is 0.460 e. The van der Waals surface area contributed by atoms with Crippen LogP contribution in [-0.4, -0.2) is 16.6 Å². The lowest BCUT2D eigenvalue weighted by Crippen LogP contribution is -2.75. The summed E-state index contributed by atoms with van der Waals surface area (Å²) in [5.74, 6) is 0.840. The highest BCUT2D eigenvalue weighted by Gasteiger charge is 2.47. The van der Waals surface area contributed by atoms with Crippen molar-refractivity contribution in [1.82, 2.24) is 0 Å². The Bertz CT molecular complexity index is 443. The first-order valence-electron chi connectivity index (χ1n) is 6.43. The topological polar surface area (TPSA) is 43.4 Å². The molecular formula is C15H22NO2+. The standard InChI is InChI=1S/C15H21NO2/c1-10-5-7-11(8-6-10)12-9-13(12)14(17)16-18-15(2,3)4/h5-8,12-13H,9H2,1-4H3,(H,16,17)/p+1/t12-,13-/m0/s1. The van der Waals surface area contributed by atoms with E-state index in [1.807, 2.05) is 20.8 Å². The molecule has 1 aromatic carbocycles. The number of hydrogen-bond acceptors (Lipinski definition) is 1. The lowest BCUT2D eigenvalue weighted by Gasteiger charge is -2.09. The van der Waals surface area contributed by atoms with Gasteiger partial charge in [-0.05, 0) is 44.8 Å². The molecule has 0 saturated heterocycles. The molecule has 2 N–H and O–H groups in total. The Morgan fingerprint density at radius 2 is 1.89 bits per heavy atom. The third-order valence-corrected chi connectivity index (χ3v) is 3.11. The summed E-state index contributed by atoms with van der Waals surface area (Å²) < 4.78 is 0. The Labute approximate surface area is 108 Å². The van der Waals surface area contributed by atoms with Crippen LogP contribution in [-0.2, 0) is 4.84 Å². The van der Waals surface area contributed by atoms with Crippen molar-refractivity contribution in [3.05, 3.63) is 35.4 Å². The van der Waals surface area contributed by atoms with Crippen LogP contribution in [0.3, 0.4) is 0 Å². The van der Waals surface area contributed by atoms with Crippen LogP contribution in [0.1, 0.15) is 44.2 Å². The van der Waals surface area contributed by atoms with Crippen LogP contribution in [0.15, 0.2) is 24.3 Å². The van der Waals surface area contributed by atoms with E-state index in [9.17, 15) is 5.11 Å². The van der Waals surface area contributed by atoms with Crippen LogP contribution in [0.4, 0.5) is 0 Å². The molecule has 1 aliphatic rings. The zero-order chi connectivity index (χ0) is 13.3. The third-order valence-electron chi connectivity index (χ3n) is 3.11. The van der Waals surface area contributed by atoms with E-state index in [1.54, 1.807) is 0 Å². The minimum atomic E-state index is -0.303. The molecule has 3 nitrogen and oxygen atoms in total. The second kappa shape index (κ2) is 4.63. The molecule has 0 heterocycles. The van der Waals surface area contributed by atoms with E-state index in [0.717, 1.165) is 6.42 Å². The molecule has 2 rings (SSSR count). The number of aryl methyl sites for hydroxylation is 1. The second-order valence-electron chi connectivity index (χ2n) is 6.06. The highest BCUT2D eigenvalue weighted by atomic mass is 16.7. The molecule has 18 heavy (non-hydrogen) atoms. The van der Waals surface area contributed by atoms with Gasteiger partial charge in [-0.1, -0.05) is 29.8 Å². The minimum Gasteiger partial charge on any atom is -0.460 e. The zero-order valence-electron chi connectivity index (χ0n) is 11.5. The maximum Gasteiger partial charge on any atom is 0.383 e. The predicted molar refractivity (Wildman–Crippen MR) is 71.5 cm³/mol. The molecule has 98 valence electrons. The molecule has 1 aromatic rings. The van der Waals surface area contributed by atoms with E-state index in [-0.39, 0.29) is 17.4 Å². The molecule has 0 spiro atoms. The van der Waals surface area contributed by atoms with Gasteiger partial charge in [-0.15, -0.1) is 0 Å². The van der Waals surface area contributed by atoms with E-state index < -0.39 is 0 Å². The fourth-order valence-electron chi connectivity index (χ4n) is 1.96. The van der Waals surface area contributed by atoms with Gasteiger partial charge >= 0.3 is 5.90 Å². The Morgan fingerprint density at radius 1 is 1.28 bits per heavy atom. The van der Waals surface area contributed by atoms with Crippen molar-refractivity contribution in [2.75, 3.05) is 0 Å². The summed E-state index contributed by atoms with van der Waals surface area (Å²) in [5.41, 5.74) is 2.25. The number of rotatable bonds is 3. The molecule has 0 amide bonds. The van der Waals surface area contributed by atoms with Gasteiger partial charge in [-0.2, -0.15) is 0 Å². The molecule has 0 unspecified atom stereocenters. The summed E-state index contributed by atoms with van der Waals surface area (Å²) in [6.07, 6.45) is 0.982. The molecule has 2 atom stereocenters. The van der Waals surface area contributed by atoms with Crippen molar-refractivity contribution in [3.8, 4) is 0 Å². The fraction of sp³-hybridized carbons (Fsp3) is 0.533. The molecule has 1 fully saturated rings. The van der Waals surface area contributed by atoms with Gasteiger partial charge in [-0.3, -0.25) is 4.84 Å². The maximum atomic E-state index is 9.92. The van der Waals surface area contributed by atoms with Crippen LogP contribution >= 0.6 is 0 Å². The van der Waals surface area contributed by atoms with E-state index in [4.69, 9.17) is 4.84 Å². The van der Waals surface area contributed by atoms with E-state index in [2.05, 4.69) is 36.3 Å². The normalized spacial score (nSPS) is 23.9. The third kappa shape index (κ3) is 3.25. The summed E-state index contributed by atoms with van der Waals surface area (Å²) in [6, 6.07) is 8.50. The van der Waals surface area contributed by atoms with E-state index in [1.165, 1.54) is 11.1 Å². The monoisotopic (exact) mass is 248 g/mol. The predicted octanol–water partition coefficient (Wildman–Crippen LogP) is 1.87. The Balaban J connectivity index is 1.96. The smallest absolute Gasteiger partial charge is 0.383 e. The lowest BCUT2D eigenvalue weighted by atomic mass is 10.1. The summed E-state index contributed by atoms with van der Waals surface area (Å²) in [5, 5.41) is 12.6. The van der Waals surface area contributed by atoms with Gasteiger partial charge in [0, 0.05) is 5.92 Å². The molecule has 0 aliphatic heterocycles. The number of hydrogen-bond donors (Lipinski definition) is 2. The molecule has 0 bridgehead atoms. The Hall–Kier alpha value is -1.51. The zero-order valence-corrected chi connectivity index (χ0v) is 11.5. The van der Waals surface area contributed by atoms with Gasteiger partial charge in [0.15, 0.2) is 5.60 Å². The van der Waals surface area contributed by atoms with Crippen LogP contribution in [0.25, 0.3) is 0 Å².